The lowest BCUT2D eigenvalue weighted by molar-refractivity contribution is -0.114. The van der Waals surface area contributed by atoms with Gasteiger partial charge in [-0.25, -0.2) is 4.39 Å². The summed E-state index contributed by atoms with van der Waals surface area (Å²) in [5.41, 5.74) is 1.81. The third kappa shape index (κ3) is 1.87. The van der Waals surface area contributed by atoms with Gasteiger partial charge in [0.25, 0.3) is 11.7 Å². The summed E-state index contributed by atoms with van der Waals surface area (Å²) in [6.45, 7) is 0.472. The number of Topliss-reactive ketones (excluding diaryl/α,β-unsaturated/α-hetero) is 1. The predicted molar refractivity (Wildman–Crippen MR) is 80.4 cm³/mol. The molecule has 2 aromatic rings. The van der Waals surface area contributed by atoms with Crippen LogP contribution in [0.4, 0.5) is 10.1 Å². The normalized spacial score (nSPS) is 18.5. The number of rotatable bonds is 3. The smallest absolute Gasteiger partial charge is 0.299 e. The maximum Gasteiger partial charge on any atom is 0.299 e. The molecule has 1 amide bonds. The van der Waals surface area contributed by atoms with Gasteiger partial charge in [-0.2, -0.15) is 0 Å². The van der Waals surface area contributed by atoms with Gasteiger partial charge >= 0.3 is 0 Å². The third-order valence-corrected chi connectivity index (χ3v) is 4.63. The summed E-state index contributed by atoms with van der Waals surface area (Å²) in [5, 5.41) is 0. The largest absolute Gasteiger partial charge is 0.304 e. The summed E-state index contributed by atoms with van der Waals surface area (Å²) in [4.78, 5) is 25.8. The highest BCUT2D eigenvalue weighted by atomic mass is 19.1. The molecule has 1 fully saturated rings. The first-order valence-corrected chi connectivity index (χ1v) is 7.32. The summed E-state index contributed by atoms with van der Waals surface area (Å²) in [6, 6.07) is 14.0. The predicted octanol–water partition coefficient (Wildman–Crippen LogP) is 3.09. The van der Waals surface area contributed by atoms with E-state index in [1.54, 1.807) is 0 Å². The Balaban J connectivity index is 1.70. The molecule has 2 aromatic carbocycles. The number of carbonyl (C=O) groups excluding carboxylic acids is 2. The second-order valence-electron chi connectivity index (χ2n) is 6.03. The van der Waals surface area contributed by atoms with E-state index in [1.165, 1.54) is 22.6 Å². The quantitative estimate of drug-likeness (QED) is 0.816. The summed E-state index contributed by atoms with van der Waals surface area (Å²) in [6.07, 6.45) is 1.98. The van der Waals surface area contributed by atoms with Crippen LogP contribution in [-0.4, -0.2) is 18.2 Å². The lowest BCUT2D eigenvalue weighted by Crippen LogP contribution is -2.36. The second kappa shape index (κ2) is 4.50. The maximum atomic E-state index is 13.3. The van der Waals surface area contributed by atoms with Crippen LogP contribution in [0.15, 0.2) is 48.5 Å². The van der Waals surface area contributed by atoms with Crippen LogP contribution in [0.2, 0.25) is 0 Å². The van der Waals surface area contributed by atoms with Crippen molar-refractivity contribution in [1.82, 2.24) is 0 Å². The van der Waals surface area contributed by atoms with E-state index in [0.717, 1.165) is 18.9 Å². The molecule has 0 unspecified atom stereocenters. The lowest BCUT2D eigenvalue weighted by atomic mass is 9.95. The number of amides is 1. The summed E-state index contributed by atoms with van der Waals surface area (Å²) in [7, 11) is 0. The number of fused-ring (bicyclic) bond motifs is 1. The molecule has 0 saturated heterocycles. The number of hydrogen-bond acceptors (Lipinski definition) is 2. The molecule has 1 aliphatic carbocycles. The van der Waals surface area contributed by atoms with Crippen molar-refractivity contribution < 1.29 is 14.0 Å². The van der Waals surface area contributed by atoms with Crippen molar-refractivity contribution in [3.8, 4) is 0 Å². The Morgan fingerprint density at radius 2 is 1.77 bits per heavy atom. The molecule has 22 heavy (non-hydrogen) atoms. The first kappa shape index (κ1) is 13.2. The van der Waals surface area contributed by atoms with E-state index in [4.69, 9.17) is 0 Å². The van der Waals surface area contributed by atoms with Gasteiger partial charge in [0.05, 0.1) is 11.3 Å². The van der Waals surface area contributed by atoms with E-state index in [2.05, 4.69) is 12.1 Å². The van der Waals surface area contributed by atoms with Crippen molar-refractivity contribution in [3.05, 3.63) is 65.5 Å². The molecule has 0 N–H and O–H groups in total. The van der Waals surface area contributed by atoms with Crippen LogP contribution >= 0.6 is 0 Å². The molecular formula is C18H14FNO2. The van der Waals surface area contributed by atoms with E-state index in [1.807, 2.05) is 18.2 Å². The highest BCUT2D eigenvalue weighted by Crippen LogP contribution is 2.50. The van der Waals surface area contributed by atoms with Gasteiger partial charge in [0, 0.05) is 12.0 Å². The number of anilines is 1. The zero-order valence-corrected chi connectivity index (χ0v) is 11.9. The molecule has 0 bridgehead atoms. The van der Waals surface area contributed by atoms with Crippen LogP contribution in [0, 0.1) is 5.82 Å². The first-order valence-electron chi connectivity index (χ1n) is 7.32. The number of carbonyl (C=O) groups is 2. The Morgan fingerprint density at radius 3 is 2.45 bits per heavy atom. The molecule has 0 radical (unpaired) electrons. The fourth-order valence-corrected chi connectivity index (χ4v) is 3.21. The van der Waals surface area contributed by atoms with Crippen molar-refractivity contribution in [2.24, 2.45) is 0 Å². The molecule has 110 valence electrons. The van der Waals surface area contributed by atoms with Crippen molar-refractivity contribution in [1.29, 1.82) is 0 Å². The maximum absolute atomic E-state index is 13.3. The number of hydrogen-bond donors (Lipinski definition) is 0. The molecule has 1 saturated carbocycles. The van der Waals surface area contributed by atoms with Crippen molar-refractivity contribution in [2.75, 3.05) is 11.4 Å². The fourth-order valence-electron chi connectivity index (χ4n) is 3.21. The highest BCUT2D eigenvalue weighted by Gasteiger charge is 2.49. The van der Waals surface area contributed by atoms with Gasteiger partial charge in [-0.05, 0) is 36.6 Å². The van der Waals surface area contributed by atoms with Crippen LogP contribution < -0.4 is 4.90 Å². The van der Waals surface area contributed by atoms with E-state index < -0.39 is 17.5 Å². The van der Waals surface area contributed by atoms with Crippen molar-refractivity contribution in [3.63, 3.8) is 0 Å². The number of halogens is 1. The van der Waals surface area contributed by atoms with Crippen LogP contribution in [0.5, 0.6) is 0 Å². The average Bonchev–Trinajstić information content (AvgIpc) is 3.29. The van der Waals surface area contributed by atoms with Crippen molar-refractivity contribution >= 4 is 17.4 Å². The van der Waals surface area contributed by atoms with Gasteiger partial charge in [-0.3, -0.25) is 9.59 Å². The van der Waals surface area contributed by atoms with Crippen LogP contribution in [0.1, 0.15) is 28.8 Å². The lowest BCUT2D eigenvalue weighted by Gasteiger charge is -2.24. The molecular weight excluding hydrogens is 281 g/mol. The molecule has 0 aromatic heterocycles. The van der Waals surface area contributed by atoms with E-state index in [0.29, 0.717) is 12.2 Å². The minimum atomic E-state index is -0.613. The molecule has 3 nitrogen and oxygen atoms in total. The Kier molecular flexibility index (Phi) is 2.70. The zero-order valence-electron chi connectivity index (χ0n) is 11.9. The van der Waals surface area contributed by atoms with Gasteiger partial charge in [0.15, 0.2) is 0 Å². The molecule has 4 heteroatoms. The van der Waals surface area contributed by atoms with Crippen LogP contribution in [0.3, 0.4) is 0 Å². The van der Waals surface area contributed by atoms with Gasteiger partial charge in [-0.15, -0.1) is 0 Å². The molecule has 4 rings (SSSR count). The Labute approximate surface area is 127 Å². The third-order valence-electron chi connectivity index (χ3n) is 4.63. The second-order valence-corrected chi connectivity index (χ2v) is 6.03. The number of benzene rings is 2. The van der Waals surface area contributed by atoms with E-state index in [9.17, 15) is 14.0 Å². The monoisotopic (exact) mass is 295 g/mol. The van der Waals surface area contributed by atoms with E-state index >= 15 is 0 Å². The van der Waals surface area contributed by atoms with Gasteiger partial charge < -0.3 is 4.90 Å². The van der Waals surface area contributed by atoms with Crippen molar-refractivity contribution in [2.45, 2.75) is 18.3 Å². The Bertz CT molecular complexity index is 781. The topological polar surface area (TPSA) is 37.4 Å². The summed E-state index contributed by atoms with van der Waals surface area (Å²) < 4.78 is 13.3. The zero-order chi connectivity index (χ0) is 15.3. The number of ketones is 1. The molecule has 1 aliphatic heterocycles. The van der Waals surface area contributed by atoms with Gasteiger partial charge in [0.2, 0.25) is 0 Å². The molecule has 0 atom stereocenters. The standard InChI is InChI=1S/C18H14FNO2/c19-13-6-7-15-14(10-13)16(21)17(22)20(15)11-18(8-9-18)12-4-2-1-3-5-12/h1-7,10H,8-9,11H2. The average molecular weight is 295 g/mol. The van der Waals surface area contributed by atoms with Gasteiger partial charge in [0.1, 0.15) is 5.82 Å². The first-order chi connectivity index (χ1) is 10.6. The fraction of sp³-hybridized carbons (Fsp3) is 0.222. The molecule has 0 spiro atoms. The van der Waals surface area contributed by atoms with E-state index in [-0.39, 0.29) is 11.0 Å². The Hall–Kier alpha value is -2.49. The summed E-state index contributed by atoms with van der Waals surface area (Å²) >= 11 is 0. The minimum absolute atomic E-state index is 0.0762. The SMILES string of the molecule is O=C1C(=O)N(CC2(c3ccccc3)CC2)c2ccc(F)cc21. The summed E-state index contributed by atoms with van der Waals surface area (Å²) in [5.74, 6) is -1.66. The van der Waals surface area contributed by atoms with Crippen LogP contribution in [-0.2, 0) is 10.2 Å². The van der Waals surface area contributed by atoms with Gasteiger partial charge in [-0.1, -0.05) is 30.3 Å². The van der Waals surface area contributed by atoms with Crippen LogP contribution in [0.25, 0.3) is 0 Å². The Morgan fingerprint density at radius 1 is 1.05 bits per heavy atom. The number of nitrogens with zero attached hydrogens (tertiary/aromatic N) is 1. The molecule has 1 heterocycles. The molecule has 2 aliphatic rings. The minimum Gasteiger partial charge on any atom is -0.304 e. The highest BCUT2D eigenvalue weighted by molar-refractivity contribution is 6.52.